The fraction of sp³-hybridized carbons (Fsp3) is 0.357. The molecule has 0 spiro atoms. The number of carboxylic acid groups (broad SMARTS) is 1. The van der Waals surface area contributed by atoms with Gasteiger partial charge >= 0.3 is 5.97 Å². The third kappa shape index (κ3) is 3.19. The highest BCUT2D eigenvalue weighted by Crippen LogP contribution is 2.14. The Morgan fingerprint density at radius 3 is 2.32 bits per heavy atom. The van der Waals surface area contributed by atoms with Gasteiger partial charge in [-0.15, -0.1) is 0 Å². The Balaban J connectivity index is 3.10. The van der Waals surface area contributed by atoms with Crippen molar-refractivity contribution in [3.8, 4) is 0 Å². The zero-order valence-electron chi connectivity index (χ0n) is 11.4. The van der Waals surface area contributed by atoms with Crippen molar-refractivity contribution in [2.24, 2.45) is 0 Å². The summed E-state index contributed by atoms with van der Waals surface area (Å²) in [5, 5.41) is 8.89. The first-order valence-corrected chi connectivity index (χ1v) is 5.87. The number of carboxylic acids is 1. The number of rotatable bonds is 4. The number of ketones is 1. The maximum atomic E-state index is 12.1. The number of carbonyl (C=O) groups is 3. The van der Waals surface area contributed by atoms with Gasteiger partial charge in [-0.2, -0.15) is 0 Å². The molecule has 0 aromatic heterocycles. The highest BCUT2D eigenvalue weighted by molar-refractivity contribution is 6.01. The van der Waals surface area contributed by atoms with Crippen molar-refractivity contribution < 1.29 is 19.5 Å². The molecule has 0 radical (unpaired) electrons. The molecule has 0 heterocycles. The van der Waals surface area contributed by atoms with Gasteiger partial charge in [-0.25, -0.2) is 4.79 Å². The zero-order chi connectivity index (χ0) is 14.7. The summed E-state index contributed by atoms with van der Waals surface area (Å²) in [7, 11) is 1.43. The van der Waals surface area contributed by atoms with Crippen LogP contribution in [0.25, 0.3) is 0 Å². The van der Waals surface area contributed by atoms with Gasteiger partial charge < -0.3 is 10.0 Å². The number of nitrogens with zero attached hydrogens (tertiary/aromatic N) is 1. The molecule has 0 aliphatic heterocycles. The normalized spacial score (nSPS) is 11.8. The standard InChI is InChI=1S/C14H17NO4/c1-8-5-6-11(7-12(8)10(3)16)13(17)15(4)9(2)14(18)19/h5-7,9H,1-4H3,(H,18,19). The number of Topliss-reactive ketones (excluding diaryl/α,β-unsaturated/α-hetero) is 1. The van der Waals surface area contributed by atoms with Gasteiger partial charge in [0.05, 0.1) is 0 Å². The Morgan fingerprint density at radius 2 is 1.84 bits per heavy atom. The summed E-state index contributed by atoms with van der Waals surface area (Å²) >= 11 is 0. The third-order valence-electron chi connectivity index (χ3n) is 3.12. The lowest BCUT2D eigenvalue weighted by molar-refractivity contribution is -0.141. The van der Waals surface area contributed by atoms with Gasteiger partial charge in [-0.05, 0) is 38.5 Å². The number of aryl methyl sites for hydroxylation is 1. The predicted octanol–water partition coefficient (Wildman–Crippen LogP) is 1.74. The Hall–Kier alpha value is -2.17. The van der Waals surface area contributed by atoms with Crippen LogP contribution in [0.1, 0.15) is 40.1 Å². The Labute approximate surface area is 111 Å². The van der Waals surface area contributed by atoms with Crippen molar-refractivity contribution in [3.63, 3.8) is 0 Å². The Bertz CT molecular complexity index is 536. The molecule has 0 fully saturated rings. The lowest BCUT2D eigenvalue weighted by atomic mass is 10.0. The van der Waals surface area contributed by atoms with E-state index in [1.54, 1.807) is 19.1 Å². The zero-order valence-corrected chi connectivity index (χ0v) is 11.4. The summed E-state index contributed by atoms with van der Waals surface area (Å²) in [6, 6.07) is 3.86. The van der Waals surface area contributed by atoms with Crippen molar-refractivity contribution in [2.75, 3.05) is 7.05 Å². The van der Waals surface area contributed by atoms with E-state index in [9.17, 15) is 14.4 Å². The number of amides is 1. The number of hydrogen-bond donors (Lipinski definition) is 1. The number of carbonyl (C=O) groups excluding carboxylic acids is 2. The smallest absolute Gasteiger partial charge is 0.326 e. The Morgan fingerprint density at radius 1 is 1.26 bits per heavy atom. The number of aliphatic carboxylic acids is 1. The molecular formula is C14H17NO4. The van der Waals surface area contributed by atoms with Crippen LogP contribution in [0.4, 0.5) is 0 Å². The molecule has 19 heavy (non-hydrogen) atoms. The van der Waals surface area contributed by atoms with E-state index in [0.29, 0.717) is 11.1 Å². The maximum absolute atomic E-state index is 12.1. The minimum absolute atomic E-state index is 0.124. The fourth-order valence-corrected chi connectivity index (χ4v) is 1.68. The summed E-state index contributed by atoms with van der Waals surface area (Å²) in [6.45, 7) is 4.65. The molecule has 1 rings (SSSR count). The van der Waals surface area contributed by atoms with Crippen LogP contribution >= 0.6 is 0 Å². The molecule has 1 amide bonds. The van der Waals surface area contributed by atoms with Crippen LogP contribution < -0.4 is 0 Å². The summed E-state index contributed by atoms with van der Waals surface area (Å²) in [5.41, 5.74) is 1.58. The highest BCUT2D eigenvalue weighted by atomic mass is 16.4. The average Bonchev–Trinajstić information content (AvgIpc) is 2.36. The topological polar surface area (TPSA) is 74.7 Å². The van der Waals surface area contributed by atoms with Crippen molar-refractivity contribution in [1.29, 1.82) is 0 Å². The largest absolute Gasteiger partial charge is 0.480 e. The maximum Gasteiger partial charge on any atom is 0.326 e. The van der Waals surface area contributed by atoms with Crippen LogP contribution in [0.5, 0.6) is 0 Å². The van der Waals surface area contributed by atoms with E-state index in [1.165, 1.54) is 27.0 Å². The second-order valence-corrected chi connectivity index (χ2v) is 4.52. The molecule has 5 heteroatoms. The summed E-state index contributed by atoms with van der Waals surface area (Å²) < 4.78 is 0. The van der Waals surface area contributed by atoms with Gasteiger partial charge in [0.15, 0.2) is 5.78 Å². The first kappa shape index (κ1) is 14.9. The van der Waals surface area contributed by atoms with E-state index in [2.05, 4.69) is 0 Å². The molecule has 0 saturated heterocycles. The molecule has 1 N–H and O–H groups in total. The molecule has 0 aliphatic carbocycles. The van der Waals surface area contributed by atoms with E-state index in [0.717, 1.165) is 10.5 Å². The SMILES string of the molecule is CC(=O)c1cc(C(=O)N(C)C(C)C(=O)O)ccc1C. The lowest BCUT2D eigenvalue weighted by Gasteiger charge is -2.21. The molecule has 1 atom stereocenters. The van der Waals surface area contributed by atoms with E-state index in [-0.39, 0.29) is 5.78 Å². The van der Waals surface area contributed by atoms with E-state index >= 15 is 0 Å². The predicted molar refractivity (Wildman–Crippen MR) is 70.4 cm³/mol. The monoisotopic (exact) mass is 263 g/mol. The van der Waals surface area contributed by atoms with Gasteiger partial charge in [0.1, 0.15) is 6.04 Å². The van der Waals surface area contributed by atoms with Gasteiger partial charge in [0.2, 0.25) is 0 Å². The minimum Gasteiger partial charge on any atom is -0.480 e. The van der Waals surface area contributed by atoms with Crippen LogP contribution in [0, 0.1) is 6.92 Å². The average molecular weight is 263 g/mol. The summed E-state index contributed by atoms with van der Waals surface area (Å²) in [4.78, 5) is 35.6. The van der Waals surface area contributed by atoms with Crippen LogP contribution in [0.2, 0.25) is 0 Å². The highest BCUT2D eigenvalue weighted by Gasteiger charge is 2.23. The molecule has 102 valence electrons. The molecule has 1 unspecified atom stereocenters. The van der Waals surface area contributed by atoms with Crippen molar-refractivity contribution in [2.45, 2.75) is 26.8 Å². The second-order valence-electron chi connectivity index (χ2n) is 4.52. The minimum atomic E-state index is -1.07. The molecule has 0 saturated carbocycles. The van der Waals surface area contributed by atoms with Crippen LogP contribution in [0.15, 0.2) is 18.2 Å². The van der Waals surface area contributed by atoms with Crippen molar-refractivity contribution in [1.82, 2.24) is 4.90 Å². The van der Waals surface area contributed by atoms with Gasteiger partial charge in [0, 0.05) is 18.2 Å². The van der Waals surface area contributed by atoms with Crippen LogP contribution in [-0.2, 0) is 4.79 Å². The first-order chi connectivity index (χ1) is 8.75. The summed E-state index contributed by atoms with van der Waals surface area (Å²) in [6.07, 6.45) is 0. The molecule has 1 aromatic carbocycles. The third-order valence-corrected chi connectivity index (χ3v) is 3.12. The van der Waals surface area contributed by atoms with Gasteiger partial charge in [-0.3, -0.25) is 9.59 Å². The number of benzene rings is 1. The molecule has 5 nitrogen and oxygen atoms in total. The first-order valence-electron chi connectivity index (χ1n) is 5.87. The van der Waals surface area contributed by atoms with Crippen molar-refractivity contribution in [3.05, 3.63) is 34.9 Å². The molecule has 0 aliphatic rings. The fourth-order valence-electron chi connectivity index (χ4n) is 1.68. The van der Waals surface area contributed by atoms with Gasteiger partial charge in [0.25, 0.3) is 5.91 Å². The molecular weight excluding hydrogens is 246 g/mol. The molecule has 0 bridgehead atoms. The van der Waals surface area contributed by atoms with E-state index < -0.39 is 17.9 Å². The summed E-state index contributed by atoms with van der Waals surface area (Å²) in [5.74, 6) is -1.62. The van der Waals surface area contributed by atoms with E-state index in [4.69, 9.17) is 5.11 Å². The second kappa shape index (κ2) is 5.65. The molecule has 1 aromatic rings. The van der Waals surface area contributed by atoms with Crippen LogP contribution in [0.3, 0.4) is 0 Å². The van der Waals surface area contributed by atoms with Crippen molar-refractivity contribution >= 4 is 17.7 Å². The van der Waals surface area contributed by atoms with Crippen LogP contribution in [-0.4, -0.2) is 40.8 Å². The quantitative estimate of drug-likeness (QED) is 0.840. The Kier molecular flexibility index (Phi) is 4.43. The van der Waals surface area contributed by atoms with Gasteiger partial charge in [-0.1, -0.05) is 6.07 Å². The van der Waals surface area contributed by atoms with E-state index in [1.807, 2.05) is 0 Å². The number of likely N-dealkylation sites (N-methyl/N-ethyl adjacent to an activating group) is 1. The lowest BCUT2D eigenvalue weighted by Crippen LogP contribution is -2.40. The number of hydrogen-bond acceptors (Lipinski definition) is 3.